The van der Waals surface area contributed by atoms with Gasteiger partial charge in [-0.2, -0.15) is 0 Å². The molecule has 0 saturated carbocycles. The van der Waals surface area contributed by atoms with E-state index < -0.39 is 0 Å². The van der Waals surface area contributed by atoms with E-state index in [1.54, 1.807) is 6.20 Å². The molecule has 0 aliphatic heterocycles. The van der Waals surface area contributed by atoms with Crippen molar-refractivity contribution in [2.75, 3.05) is 6.54 Å². The second kappa shape index (κ2) is 9.52. The summed E-state index contributed by atoms with van der Waals surface area (Å²) in [5, 5.41) is 6.61. The summed E-state index contributed by atoms with van der Waals surface area (Å²) in [5.74, 6) is 1.81. The van der Waals surface area contributed by atoms with Crippen LogP contribution in [-0.4, -0.2) is 27.0 Å². The predicted octanol–water partition coefficient (Wildman–Crippen LogP) is 2.89. The maximum atomic E-state index is 4.70. The highest BCUT2D eigenvalue weighted by Crippen LogP contribution is 2.09. The van der Waals surface area contributed by atoms with Crippen LogP contribution in [0.4, 0.5) is 0 Å². The molecule has 0 aliphatic rings. The number of aliphatic imine (C=N–C) groups is 1. The number of rotatable bonds is 7. The third kappa shape index (κ3) is 5.67. The number of hydrogen-bond donors (Lipinski definition) is 2. The highest BCUT2D eigenvalue weighted by molar-refractivity contribution is 5.79. The molecule has 2 heterocycles. The van der Waals surface area contributed by atoms with Gasteiger partial charge in [0.2, 0.25) is 0 Å². The zero-order chi connectivity index (χ0) is 18.9. The Morgan fingerprint density at radius 2 is 1.93 bits per heavy atom. The molecular formula is C21H26N6. The Bertz CT molecular complexity index is 869. The summed E-state index contributed by atoms with van der Waals surface area (Å²) < 4.78 is 2.14. The third-order valence-electron chi connectivity index (χ3n) is 4.20. The molecule has 6 heteroatoms. The Kier molecular flexibility index (Phi) is 6.57. The lowest BCUT2D eigenvalue weighted by molar-refractivity contribution is 0.760. The normalized spacial score (nSPS) is 11.4. The van der Waals surface area contributed by atoms with E-state index in [-0.39, 0.29) is 0 Å². The van der Waals surface area contributed by atoms with Gasteiger partial charge < -0.3 is 15.2 Å². The van der Waals surface area contributed by atoms with Crippen molar-refractivity contribution in [3.8, 4) is 0 Å². The van der Waals surface area contributed by atoms with E-state index in [0.717, 1.165) is 30.6 Å². The van der Waals surface area contributed by atoms with E-state index >= 15 is 0 Å². The first-order valence-electron chi connectivity index (χ1n) is 9.22. The molecule has 2 aromatic heterocycles. The smallest absolute Gasteiger partial charge is 0.191 e. The first-order valence-corrected chi connectivity index (χ1v) is 9.22. The Morgan fingerprint density at radius 3 is 2.67 bits per heavy atom. The molecule has 6 nitrogen and oxygen atoms in total. The lowest BCUT2D eigenvalue weighted by atomic mass is 10.1. The molecule has 0 radical (unpaired) electrons. The first kappa shape index (κ1) is 18.6. The molecular weight excluding hydrogens is 336 g/mol. The number of benzene rings is 1. The number of imidazole rings is 1. The molecule has 1 aromatic carbocycles. The van der Waals surface area contributed by atoms with Gasteiger partial charge in [-0.25, -0.2) is 9.98 Å². The number of nitrogens with zero attached hydrogens (tertiary/aromatic N) is 4. The number of guanidine groups is 1. The van der Waals surface area contributed by atoms with Gasteiger partial charge in [0, 0.05) is 31.7 Å². The van der Waals surface area contributed by atoms with Crippen molar-refractivity contribution < 1.29 is 0 Å². The van der Waals surface area contributed by atoms with E-state index in [1.165, 1.54) is 11.1 Å². The Balaban J connectivity index is 1.63. The van der Waals surface area contributed by atoms with Crippen LogP contribution in [-0.2, 0) is 19.6 Å². The van der Waals surface area contributed by atoms with Crippen LogP contribution in [0.5, 0.6) is 0 Å². The summed E-state index contributed by atoms with van der Waals surface area (Å²) >= 11 is 0. The maximum absolute atomic E-state index is 4.70. The highest BCUT2D eigenvalue weighted by atomic mass is 15.2. The number of hydrogen-bond acceptors (Lipinski definition) is 3. The van der Waals surface area contributed by atoms with Crippen molar-refractivity contribution in [3.05, 3.63) is 83.7 Å². The minimum atomic E-state index is 0.619. The first-order chi connectivity index (χ1) is 13.2. The monoisotopic (exact) mass is 362 g/mol. The largest absolute Gasteiger partial charge is 0.357 e. The zero-order valence-corrected chi connectivity index (χ0v) is 15.9. The average molecular weight is 362 g/mol. The Hall–Kier alpha value is -3.15. The number of aromatic nitrogens is 3. The standard InChI is InChI=1S/C21H26N6/c1-3-22-21(26-15-20-9-4-5-10-24-20)25-14-18-7-6-8-19(13-18)16-27-12-11-23-17(27)2/h4-13H,3,14-16H2,1-2H3,(H2,22,25,26). The quantitative estimate of drug-likeness (QED) is 0.501. The molecule has 0 bridgehead atoms. The summed E-state index contributed by atoms with van der Waals surface area (Å²) in [4.78, 5) is 13.3. The molecule has 3 rings (SSSR count). The second-order valence-corrected chi connectivity index (χ2v) is 6.29. The maximum Gasteiger partial charge on any atom is 0.191 e. The van der Waals surface area contributed by atoms with Gasteiger partial charge in [0.15, 0.2) is 5.96 Å². The third-order valence-corrected chi connectivity index (χ3v) is 4.20. The van der Waals surface area contributed by atoms with Gasteiger partial charge in [0.05, 0.1) is 18.8 Å². The van der Waals surface area contributed by atoms with E-state index in [2.05, 4.69) is 56.4 Å². The van der Waals surface area contributed by atoms with Gasteiger partial charge in [-0.15, -0.1) is 0 Å². The molecule has 0 saturated heterocycles. The van der Waals surface area contributed by atoms with Crippen LogP contribution in [0.1, 0.15) is 29.6 Å². The Labute approximate surface area is 160 Å². The molecule has 0 unspecified atom stereocenters. The van der Waals surface area contributed by atoms with Crippen LogP contribution in [0, 0.1) is 6.92 Å². The predicted molar refractivity (Wildman–Crippen MR) is 108 cm³/mol. The summed E-state index contributed by atoms with van der Waals surface area (Å²) in [6.07, 6.45) is 5.64. The van der Waals surface area contributed by atoms with Crippen LogP contribution in [0.15, 0.2) is 66.0 Å². The van der Waals surface area contributed by atoms with Crippen LogP contribution in [0.3, 0.4) is 0 Å². The molecule has 140 valence electrons. The SMILES string of the molecule is CCNC(=NCc1cccc(Cn2ccnc2C)c1)NCc1ccccn1. The van der Waals surface area contributed by atoms with Crippen molar-refractivity contribution in [1.29, 1.82) is 0 Å². The molecule has 27 heavy (non-hydrogen) atoms. The van der Waals surface area contributed by atoms with Gasteiger partial charge >= 0.3 is 0 Å². The number of aryl methyl sites for hydroxylation is 1. The van der Waals surface area contributed by atoms with Crippen molar-refractivity contribution in [1.82, 2.24) is 25.2 Å². The lowest BCUT2D eigenvalue weighted by Gasteiger charge is -2.11. The van der Waals surface area contributed by atoms with Crippen LogP contribution in [0.25, 0.3) is 0 Å². The molecule has 2 N–H and O–H groups in total. The zero-order valence-electron chi connectivity index (χ0n) is 15.9. The van der Waals surface area contributed by atoms with Gasteiger partial charge in [0.1, 0.15) is 5.82 Å². The van der Waals surface area contributed by atoms with Crippen LogP contribution >= 0.6 is 0 Å². The number of nitrogens with one attached hydrogen (secondary N) is 2. The van der Waals surface area contributed by atoms with Crippen molar-refractivity contribution in [2.24, 2.45) is 4.99 Å². The summed E-state index contributed by atoms with van der Waals surface area (Å²) in [7, 11) is 0. The molecule has 0 fully saturated rings. The van der Waals surface area contributed by atoms with E-state index in [1.807, 2.05) is 37.5 Å². The van der Waals surface area contributed by atoms with E-state index in [0.29, 0.717) is 13.1 Å². The van der Waals surface area contributed by atoms with E-state index in [4.69, 9.17) is 4.99 Å². The van der Waals surface area contributed by atoms with Crippen molar-refractivity contribution in [3.63, 3.8) is 0 Å². The van der Waals surface area contributed by atoms with Gasteiger partial charge in [-0.05, 0) is 37.1 Å². The highest BCUT2D eigenvalue weighted by Gasteiger charge is 2.02. The minimum Gasteiger partial charge on any atom is -0.357 e. The lowest BCUT2D eigenvalue weighted by Crippen LogP contribution is -2.37. The molecule has 0 atom stereocenters. The van der Waals surface area contributed by atoms with Crippen LogP contribution in [0.2, 0.25) is 0 Å². The van der Waals surface area contributed by atoms with Crippen molar-refractivity contribution >= 4 is 5.96 Å². The fourth-order valence-electron chi connectivity index (χ4n) is 2.78. The number of pyridine rings is 1. The van der Waals surface area contributed by atoms with Gasteiger partial charge in [-0.1, -0.05) is 30.3 Å². The van der Waals surface area contributed by atoms with Gasteiger partial charge in [0.25, 0.3) is 0 Å². The Morgan fingerprint density at radius 1 is 1.04 bits per heavy atom. The molecule has 0 amide bonds. The average Bonchev–Trinajstić information content (AvgIpc) is 3.10. The van der Waals surface area contributed by atoms with Gasteiger partial charge in [-0.3, -0.25) is 4.98 Å². The summed E-state index contributed by atoms with van der Waals surface area (Å²) in [6.45, 7) is 6.98. The fourth-order valence-corrected chi connectivity index (χ4v) is 2.78. The molecule has 0 spiro atoms. The molecule has 0 aliphatic carbocycles. The second-order valence-electron chi connectivity index (χ2n) is 6.29. The topological polar surface area (TPSA) is 67.1 Å². The minimum absolute atomic E-state index is 0.619. The summed E-state index contributed by atoms with van der Waals surface area (Å²) in [5.41, 5.74) is 3.41. The molecule has 3 aromatic rings. The fraction of sp³-hybridized carbons (Fsp3) is 0.286. The van der Waals surface area contributed by atoms with Crippen molar-refractivity contribution in [2.45, 2.75) is 33.5 Å². The van der Waals surface area contributed by atoms with Crippen LogP contribution < -0.4 is 10.6 Å². The summed E-state index contributed by atoms with van der Waals surface area (Å²) in [6, 6.07) is 14.4. The van der Waals surface area contributed by atoms with E-state index in [9.17, 15) is 0 Å².